The van der Waals surface area contributed by atoms with Crippen LogP contribution in [0, 0.1) is 5.92 Å². The molecule has 1 heterocycles. The van der Waals surface area contributed by atoms with Crippen LogP contribution in [0.2, 0.25) is 0 Å². The number of fused-ring (bicyclic) bond motifs is 3. The third-order valence-electron chi connectivity index (χ3n) is 9.72. The maximum absolute atomic E-state index is 5.95. The fourth-order valence-electron chi connectivity index (χ4n) is 7.10. The van der Waals surface area contributed by atoms with E-state index in [0.717, 1.165) is 12.2 Å². The Morgan fingerprint density at radius 2 is 1.29 bits per heavy atom. The largest absolute Gasteiger partial charge is 1.00 e. The topological polar surface area (TPSA) is 13.1 Å². The minimum absolute atomic E-state index is 0. The summed E-state index contributed by atoms with van der Waals surface area (Å²) in [7, 11) is 0. The fourth-order valence-corrected chi connectivity index (χ4v) is 15.6. The molecular weight excluding hydrogens is 707 g/mol. The maximum Gasteiger partial charge on any atom is -1.00 e. The SMILES string of the molecule is CC1C=C(c2ccco2)C=[C]1[Zr+2](=[C](c1ccccc1)c1ccccc1)[c]1cc(C(C)(C)C)cc2c1Cc1ccc(C(C)(C)C)cc1-2.[Cl-].[Cl-]. The van der Waals surface area contributed by atoms with Crippen LogP contribution in [0.3, 0.4) is 0 Å². The molecule has 4 aromatic carbocycles. The Balaban J connectivity index is 0.00000225. The molecule has 0 aliphatic heterocycles. The summed E-state index contributed by atoms with van der Waals surface area (Å²) in [6, 6.07) is 39.0. The monoisotopic (exact) mass is 748 g/mol. The zero-order valence-electron chi connectivity index (χ0n) is 29.0. The minimum atomic E-state index is -2.93. The Hall–Kier alpha value is -3.03. The Bertz CT molecular complexity index is 1980. The summed E-state index contributed by atoms with van der Waals surface area (Å²) in [6.07, 6.45) is 7.72. The first-order valence-electron chi connectivity index (χ1n) is 16.6. The van der Waals surface area contributed by atoms with E-state index in [1.807, 2.05) is 6.07 Å². The second-order valence-corrected chi connectivity index (χ2v) is 20.9. The molecule has 0 N–H and O–H groups in total. The second kappa shape index (κ2) is 14.1. The Morgan fingerprint density at radius 3 is 1.85 bits per heavy atom. The molecular formula is C44H44Cl2OZr. The predicted octanol–water partition coefficient (Wildman–Crippen LogP) is 4.58. The van der Waals surface area contributed by atoms with E-state index in [2.05, 4.69) is 158 Å². The summed E-state index contributed by atoms with van der Waals surface area (Å²) in [5, 5.41) is 0. The molecule has 1 aromatic heterocycles. The van der Waals surface area contributed by atoms with Crippen molar-refractivity contribution in [1.29, 1.82) is 0 Å². The van der Waals surface area contributed by atoms with Crippen LogP contribution < -0.4 is 28.1 Å². The standard InChI is InChI=1S/C21H25.C13H10.C10H9O.2ClH.Zr/c1-20(2,3)16-9-7-14-11-15-8-10-17(21(4,5)6)13-19(15)18(14)12-16;1-3-7-12(8-4-1)11-13-9-5-2-6-10-13;1-8-4-5-9(7-8)10-3-2-6-11-10;;;/h7,9-10,12-13H,11H2,1-6H3;1-10H;2-3,5-8H,1H3;2*1H;/q;;;;;+2/p-2. The van der Waals surface area contributed by atoms with Gasteiger partial charge in [0.05, 0.1) is 0 Å². The molecule has 1 atom stereocenters. The number of allylic oxidation sites excluding steroid dienone is 4. The summed E-state index contributed by atoms with van der Waals surface area (Å²) < 4.78 is 10.7. The molecule has 5 aromatic rings. The Labute approximate surface area is 307 Å². The van der Waals surface area contributed by atoms with Gasteiger partial charge in [-0.15, -0.1) is 0 Å². The van der Waals surface area contributed by atoms with Crippen LogP contribution in [0.5, 0.6) is 0 Å². The van der Waals surface area contributed by atoms with Crippen molar-refractivity contribution >= 4 is 12.1 Å². The Kier molecular flexibility index (Phi) is 10.6. The van der Waals surface area contributed by atoms with Crippen LogP contribution in [0.25, 0.3) is 16.7 Å². The van der Waals surface area contributed by atoms with Crippen LogP contribution in [0.1, 0.15) is 87.6 Å². The van der Waals surface area contributed by atoms with Gasteiger partial charge in [-0.1, -0.05) is 0 Å². The summed E-state index contributed by atoms with van der Waals surface area (Å²) in [6.45, 7) is 16.5. The summed E-state index contributed by atoms with van der Waals surface area (Å²) in [5.74, 6) is 1.29. The molecule has 244 valence electrons. The molecule has 7 rings (SSSR count). The van der Waals surface area contributed by atoms with Crippen molar-refractivity contribution in [1.82, 2.24) is 0 Å². The van der Waals surface area contributed by atoms with Crippen molar-refractivity contribution in [3.8, 4) is 11.1 Å². The average molecular weight is 751 g/mol. The minimum Gasteiger partial charge on any atom is -1.00 e. The van der Waals surface area contributed by atoms with Gasteiger partial charge in [0, 0.05) is 0 Å². The van der Waals surface area contributed by atoms with Crippen molar-refractivity contribution in [3.63, 3.8) is 0 Å². The van der Waals surface area contributed by atoms with E-state index in [-0.39, 0.29) is 35.6 Å². The molecule has 0 bridgehead atoms. The molecule has 1 nitrogen and oxygen atoms in total. The van der Waals surface area contributed by atoms with Crippen LogP contribution in [0.4, 0.5) is 0 Å². The Morgan fingerprint density at radius 1 is 0.688 bits per heavy atom. The van der Waals surface area contributed by atoms with Gasteiger partial charge in [-0.3, -0.25) is 0 Å². The van der Waals surface area contributed by atoms with Crippen molar-refractivity contribution in [2.24, 2.45) is 5.92 Å². The molecule has 0 saturated carbocycles. The maximum atomic E-state index is 5.95. The van der Waals surface area contributed by atoms with Gasteiger partial charge < -0.3 is 24.8 Å². The van der Waals surface area contributed by atoms with Gasteiger partial charge in [-0.2, -0.15) is 0 Å². The van der Waals surface area contributed by atoms with Gasteiger partial charge >= 0.3 is 284 Å². The zero-order valence-corrected chi connectivity index (χ0v) is 33.0. The first-order valence-corrected chi connectivity index (χ1v) is 20.3. The number of furan rings is 1. The summed E-state index contributed by atoms with van der Waals surface area (Å²) in [5.41, 5.74) is 12.8. The van der Waals surface area contributed by atoms with E-state index in [1.165, 1.54) is 44.5 Å². The van der Waals surface area contributed by atoms with E-state index in [9.17, 15) is 0 Å². The fraction of sp³-hybridized carbons (Fsp3) is 0.250. The number of benzene rings is 4. The molecule has 0 radical (unpaired) electrons. The van der Waals surface area contributed by atoms with Gasteiger partial charge in [-0.25, -0.2) is 0 Å². The summed E-state index contributed by atoms with van der Waals surface area (Å²) in [4.78, 5) is 0. The van der Waals surface area contributed by atoms with Crippen LogP contribution in [0.15, 0.2) is 129 Å². The molecule has 4 heteroatoms. The number of hydrogen-bond acceptors (Lipinski definition) is 1. The smallest absolute Gasteiger partial charge is 1.00 e. The zero-order chi connectivity index (χ0) is 32.2. The third kappa shape index (κ3) is 6.87. The molecule has 2 aliphatic rings. The third-order valence-corrected chi connectivity index (χ3v) is 17.7. The van der Waals surface area contributed by atoms with Crippen molar-refractivity contribution < 1.29 is 50.5 Å². The molecule has 0 amide bonds. The quantitative estimate of drug-likeness (QED) is 0.252. The van der Waals surface area contributed by atoms with E-state index in [0.29, 0.717) is 5.92 Å². The molecule has 1 unspecified atom stereocenters. The van der Waals surface area contributed by atoms with Crippen LogP contribution in [-0.4, -0.2) is 3.21 Å². The van der Waals surface area contributed by atoms with Gasteiger partial charge in [0.15, 0.2) is 0 Å². The van der Waals surface area contributed by atoms with Crippen molar-refractivity contribution in [2.75, 3.05) is 0 Å². The molecule has 0 fully saturated rings. The molecule has 2 aliphatic carbocycles. The number of rotatable bonds is 5. The molecule has 0 saturated heterocycles. The van der Waals surface area contributed by atoms with Crippen molar-refractivity contribution in [3.05, 3.63) is 164 Å². The molecule has 48 heavy (non-hydrogen) atoms. The normalized spacial score (nSPS) is 14.8. The number of hydrogen-bond donors (Lipinski definition) is 0. The second-order valence-electron chi connectivity index (χ2n) is 15.1. The molecule has 0 spiro atoms. The predicted molar refractivity (Wildman–Crippen MR) is 192 cm³/mol. The van der Waals surface area contributed by atoms with Gasteiger partial charge in [-0.05, 0) is 0 Å². The summed E-state index contributed by atoms with van der Waals surface area (Å²) >= 11 is -2.93. The average Bonchev–Trinajstić information content (AvgIpc) is 3.78. The first-order chi connectivity index (χ1) is 22.0. The van der Waals surface area contributed by atoms with E-state index in [1.54, 1.807) is 21.6 Å². The van der Waals surface area contributed by atoms with E-state index < -0.39 is 21.3 Å². The van der Waals surface area contributed by atoms with Crippen LogP contribution in [-0.2, 0) is 38.5 Å². The van der Waals surface area contributed by atoms with Crippen molar-refractivity contribution in [2.45, 2.75) is 65.7 Å². The van der Waals surface area contributed by atoms with Gasteiger partial charge in [0.25, 0.3) is 0 Å². The van der Waals surface area contributed by atoms with Gasteiger partial charge in [0.2, 0.25) is 0 Å². The van der Waals surface area contributed by atoms with E-state index in [4.69, 9.17) is 4.42 Å². The van der Waals surface area contributed by atoms with Gasteiger partial charge in [0.1, 0.15) is 0 Å². The first kappa shape index (κ1) is 36.3. The van der Waals surface area contributed by atoms with E-state index >= 15 is 0 Å². The van der Waals surface area contributed by atoms with Crippen LogP contribution >= 0.6 is 0 Å². The number of halogens is 2.